The van der Waals surface area contributed by atoms with Crippen LogP contribution in [0.15, 0.2) is 12.1 Å². The predicted molar refractivity (Wildman–Crippen MR) is 68.2 cm³/mol. The van der Waals surface area contributed by atoms with Gasteiger partial charge in [-0.3, -0.25) is 5.41 Å². The van der Waals surface area contributed by atoms with Crippen molar-refractivity contribution < 1.29 is 0 Å². The Hall–Kier alpha value is -1.58. The van der Waals surface area contributed by atoms with E-state index in [4.69, 9.17) is 11.1 Å². The van der Waals surface area contributed by atoms with Crippen molar-refractivity contribution in [1.29, 1.82) is 5.41 Å². The molecule has 4 heteroatoms. The molecule has 1 aromatic heterocycles. The molecule has 3 N–H and O–H groups in total. The minimum absolute atomic E-state index is 0.0932. The number of nitrogens with one attached hydrogen (secondary N) is 1. The summed E-state index contributed by atoms with van der Waals surface area (Å²) in [6, 6.07) is 3.70. The van der Waals surface area contributed by atoms with E-state index in [1.54, 1.807) is 0 Å². The van der Waals surface area contributed by atoms with Crippen LogP contribution in [0.5, 0.6) is 0 Å². The summed E-state index contributed by atoms with van der Waals surface area (Å²) in [5, 5.41) is 7.44. The van der Waals surface area contributed by atoms with E-state index in [9.17, 15) is 0 Å². The summed E-state index contributed by atoms with van der Waals surface area (Å²) in [5.41, 5.74) is 7.12. The number of aryl methyl sites for hydroxylation is 1. The second-order valence-electron chi connectivity index (χ2n) is 4.04. The quantitative estimate of drug-likeness (QED) is 0.588. The molecule has 0 aliphatic heterocycles. The SMILES string of the molecule is CCCCN(C)c1cc(C(=N)N)cc(C)n1. The van der Waals surface area contributed by atoms with Crippen LogP contribution in [0.3, 0.4) is 0 Å². The number of pyridine rings is 1. The molecule has 0 aromatic carbocycles. The number of unbranched alkanes of at least 4 members (excludes halogenated alkanes) is 1. The van der Waals surface area contributed by atoms with Crippen molar-refractivity contribution in [3.63, 3.8) is 0 Å². The number of aromatic nitrogens is 1. The number of nitrogen functional groups attached to an aromatic ring is 1. The molecule has 0 unspecified atom stereocenters. The Bertz CT molecular complexity index is 373. The lowest BCUT2D eigenvalue weighted by Gasteiger charge is -2.19. The van der Waals surface area contributed by atoms with Gasteiger partial charge in [0, 0.05) is 24.8 Å². The van der Waals surface area contributed by atoms with Crippen LogP contribution >= 0.6 is 0 Å². The molecule has 1 aromatic rings. The van der Waals surface area contributed by atoms with Crippen LogP contribution in [0.25, 0.3) is 0 Å². The van der Waals surface area contributed by atoms with Crippen LogP contribution in [-0.4, -0.2) is 24.4 Å². The largest absolute Gasteiger partial charge is 0.384 e. The summed E-state index contributed by atoms with van der Waals surface area (Å²) in [5.74, 6) is 0.981. The molecular weight excluding hydrogens is 200 g/mol. The van der Waals surface area contributed by atoms with Gasteiger partial charge in [-0.2, -0.15) is 0 Å². The van der Waals surface area contributed by atoms with Gasteiger partial charge in [0.25, 0.3) is 0 Å². The van der Waals surface area contributed by atoms with E-state index in [1.165, 1.54) is 0 Å². The number of nitrogens with zero attached hydrogens (tertiary/aromatic N) is 2. The molecule has 0 aliphatic carbocycles. The zero-order chi connectivity index (χ0) is 12.1. The number of nitrogens with two attached hydrogens (primary N) is 1. The minimum atomic E-state index is 0.0932. The van der Waals surface area contributed by atoms with Crippen molar-refractivity contribution in [2.24, 2.45) is 5.73 Å². The standard InChI is InChI=1S/C12H20N4/c1-4-5-6-16(3)11-8-10(12(13)14)7-9(2)15-11/h7-8H,4-6H2,1-3H3,(H3,13,14). The lowest BCUT2D eigenvalue weighted by atomic mass is 10.2. The summed E-state index contributed by atoms with van der Waals surface area (Å²) >= 11 is 0. The van der Waals surface area contributed by atoms with Gasteiger partial charge in [-0.05, 0) is 25.5 Å². The van der Waals surface area contributed by atoms with Crippen LogP contribution in [0, 0.1) is 12.3 Å². The molecule has 0 radical (unpaired) electrons. The molecule has 1 heterocycles. The van der Waals surface area contributed by atoms with Gasteiger partial charge >= 0.3 is 0 Å². The van der Waals surface area contributed by atoms with Gasteiger partial charge in [0.1, 0.15) is 11.7 Å². The van der Waals surface area contributed by atoms with Crippen LogP contribution in [0.2, 0.25) is 0 Å². The lowest BCUT2D eigenvalue weighted by Crippen LogP contribution is -2.21. The van der Waals surface area contributed by atoms with Gasteiger partial charge < -0.3 is 10.6 Å². The maximum Gasteiger partial charge on any atom is 0.129 e. The fourth-order valence-corrected chi connectivity index (χ4v) is 1.51. The Morgan fingerprint density at radius 2 is 2.19 bits per heavy atom. The number of rotatable bonds is 5. The van der Waals surface area contributed by atoms with Crippen LogP contribution in [0.4, 0.5) is 5.82 Å². The Morgan fingerprint density at radius 3 is 2.75 bits per heavy atom. The van der Waals surface area contributed by atoms with Gasteiger partial charge in [0.15, 0.2) is 0 Å². The number of hydrogen-bond acceptors (Lipinski definition) is 3. The van der Waals surface area contributed by atoms with Gasteiger partial charge in [0.2, 0.25) is 0 Å². The van der Waals surface area contributed by atoms with Crippen molar-refractivity contribution in [2.45, 2.75) is 26.7 Å². The van der Waals surface area contributed by atoms with Crippen molar-refractivity contribution in [1.82, 2.24) is 4.98 Å². The highest BCUT2D eigenvalue weighted by Crippen LogP contribution is 2.14. The molecule has 16 heavy (non-hydrogen) atoms. The highest BCUT2D eigenvalue weighted by Gasteiger charge is 2.06. The third-order valence-corrected chi connectivity index (χ3v) is 2.49. The van der Waals surface area contributed by atoms with Crippen molar-refractivity contribution in [2.75, 3.05) is 18.5 Å². The van der Waals surface area contributed by atoms with E-state index >= 15 is 0 Å². The molecule has 0 atom stereocenters. The molecule has 4 nitrogen and oxygen atoms in total. The molecule has 0 amide bonds. The third kappa shape index (κ3) is 3.22. The van der Waals surface area contributed by atoms with E-state index in [2.05, 4.69) is 16.8 Å². The van der Waals surface area contributed by atoms with Crippen LogP contribution in [0.1, 0.15) is 31.0 Å². The normalized spacial score (nSPS) is 10.2. The van der Waals surface area contributed by atoms with Crippen LogP contribution in [-0.2, 0) is 0 Å². The first-order chi connectivity index (χ1) is 7.54. The highest BCUT2D eigenvalue weighted by atomic mass is 15.2. The summed E-state index contributed by atoms with van der Waals surface area (Å²) in [7, 11) is 2.02. The Balaban J connectivity index is 2.91. The first kappa shape index (κ1) is 12.5. The third-order valence-electron chi connectivity index (χ3n) is 2.49. The van der Waals surface area contributed by atoms with E-state index in [0.29, 0.717) is 0 Å². The molecular formula is C12H20N4. The van der Waals surface area contributed by atoms with E-state index < -0.39 is 0 Å². The Labute approximate surface area is 97.0 Å². The fraction of sp³-hybridized carbons (Fsp3) is 0.500. The summed E-state index contributed by atoms with van der Waals surface area (Å²) in [6.45, 7) is 5.06. The minimum Gasteiger partial charge on any atom is -0.384 e. The molecule has 88 valence electrons. The molecule has 0 aliphatic rings. The average molecular weight is 220 g/mol. The molecule has 0 fully saturated rings. The molecule has 0 bridgehead atoms. The second kappa shape index (κ2) is 5.49. The van der Waals surface area contributed by atoms with Gasteiger partial charge in [-0.25, -0.2) is 4.98 Å². The van der Waals surface area contributed by atoms with E-state index in [0.717, 1.165) is 36.5 Å². The fourth-order valence-electron chi connectivity index (χ4n) is 1.51. The van der Waals surface area contributed by atoms with E-state index in [1.807, 2.05) is 26.1 Å². The number of hydrogen-bond donors (Lipinski definition) is 2. The summed E-state index contributed by atoms with van der Waals surface area (Å²) < 4.78 is 0. The number of anilines is 1. The van der Waals surface area contributed by atoms with E-state index in [-0.39, 0.29) is 5.84 Å². The lowest BCUT2D eigenvalue weighted by molar-refractivity contribution is 0.758. The molecule has 0 saturated heterocycles. The van der Waals surface area contributed by atoms with Crippen molar-refractivity contribution in [3.05, 3.63) is 23.4 Å². The van der Waals surface area contributed by atoms with Gasteiger partial charge in [-0.1, -0.05) is 13.3 Å². The first-order valence-corrected chi connectivity index (χ1v) is 5.58. The maximum absolute atomic E-state index is 7.44. The zero-order valence-electron chi connectivity index (χ0n) is 10.2. The first-order valence-electron chi connectivity index (χ1n) is 5.58. The average Bonchev–Trinajstić information content (AvgIpc) is 2.24. The second-order valence-corrected chi connectivity index (χ2v) is 4.04. The van der Waals surface area contributed by atoms with Gasteiger partial charge in [0.05, 0.1) is 0 Å². The monoisotopic (exact) mass is 220 g/mol. The summed E-state index contributed by atoms with van der Waals surface area (Å²) in [4.78, 5) is 6.54. The zero-order valence-corrected chi connectivity index (χ0v) is 10.2. The topological polar surface area (TPSA) is 66.0 Å². The smallest absolute Gasteiger partial charge is 0.129 e. The summed E-state index contributed by atoms with van der Waals surface area (Å²) in [6.07, 6.45) is 2.30. The molecule has 0 spiro atoms. The Morgan fingerprint density at radius 1 is 1.50 bits per heavy atom. The molecule has 0 saturated carbocycles. The predicted octanol–water partition coefficient (Wildman–Crippen LogP) is 1.91. The number of amidine groups is 1. The highest BCUT2D eigenvalue weighted by molar-refractivity contribution is 5.95. The maximum atomic E-state index is 7.44. The van der Waals surface area contributed by atoms with Crippen LogP contribution < -0.4 is 10.6 Å². The van der Waals surface area contributed by atoms with Gasteiger partial charge in [-0.15, -0.1) is 0 Å². The van der Waals surface area contributed by atoms with Crippen molar-refractivity contribution >= 4 is 11.7 Å². The van der Waals surface area contributed by atoms with Crippen molar-refractivity contribution in [3.8, 4) is 0 Å². The Kier molecular flexibility index (Phi) is 4.28. The molecule has 1 rings (SSSR count).